The summed E-state index contributed by atoms with van der Waals surface area (Å²) in [7, 11) is 0. The topological polar surface area (TPSA) is 46.2 Å². The van der Waals surface area contributed by atoms with E-state index in [1.165, 1.54) is 19.3 Å². The molecule has 2 fully saturated rings. The quantitative estimate of drug-likeness (QED) is 0.553. The minimum Gasteiger partial charge on any atom is -0.396 e. The van der Waals surface area contributed by atoms with Gasteiger partial charge in [0.25, 0.3) is 0 Å². The van der Waals surface area contributed by atoms with Crippen LogP contribution < -0.4 is 5.73 Å². The number of hydrogen-bond donors (Lipinski definition) is 2. The van der Waals surface area contributed by atoms with Gasteiger partial charge in [-0.3, -0.25) is 0 Å². The van der Waals surface area contributed by atoms with Crippen LogP contribution in [0.2, 0.25) is 0 Å². The third-order valence-corrected chi connectivity index (χ3v) is 3.37. The molecular weight excluding hydrogens is 126 g/mol. The zero-order chi connectivity index (χ0) is 7.14. The molecule has 0 aliphatic heterocycles. The molecular formula is C8H15NO. The fourth-order valence-corrected chi connectivity index (χ4v) is 2.73. The van der Waals surface area contributed by atoms with Crippen molar-refractivity contribution in [1.29, 1.82) is 0 Å². The van der Waals surface area contributed by atoms with Crippen LogP contribution >= 0.6 is 0 Å². The van der Waals surface area contributed by atoms with Crippen LogP contribution in [0.4, 0.5) is 0 Å². The van der Waals surface area contributed by atoms with Gasteiger partial charge in [0.15, 0.2) is 0 Å². The monoisotopic (exact) mass is 141 g/mol. The van der Waals surface area contributed by atoms with Crippen molar-refractivity contribution in [3.05, 3.63) is 0 Å². The Morgan fingerprint density at radius 1 is 1.30 bits per heavy atom. The highest BCUT2D eigenvalue weighted by Crippen LogP contribution is 2.47. The van der Waals surface area contributed by atoms with Crippen LogP contribution in [0.1, 0.15) is 19.3 Å². The van der Waals surface area contributed by atoms with Gasteiger partial charge in [-0.2, -0.15) is 0 Å². The second-order valence-electron chi connectivity index (χ2n) is 3.76. The zero-order valence-electron chi connectivity index (χ0n) is 6.16. The van der Waals surface area contributed by atoms with Crippen molar-refractivity contribution >= 4 is 0 Å². The third-order valence-electron chi connectivity index (χ3n) is 3.37. The van der Waals surface area contributed by atoms with Crippen molar-refractivity contribution in [2.45, 2.75) is 25.3 Å². The first-order valence-electron chi connectivity index (χ1n) is 4.19. The molecule has 0 heterocycles. The molecule has 0 unspecified atom stereocenters. The maximum Gasteiger partial charge on any atom is 0.0476 e. The molecule has 2 nitrogen and oxygen atoms in total. The maximum absolute atomic E-state index is 8.98. The molecule has 4 atom stereocenters. The largest absolute Gasteiger partial charge is 0.396 e. The maximum atomic E-state index is 8.98. The van der Waals surface area contributed by atoms with Crippen molar-refractivity contribution in [1.82, 2.24) is 0 Å². The summed E-state index contributed by atoms with van der Waals surface area (Å²) in [6.45, 7) is 0.308. The van der Waals surface area contributed by atoms with Gasteiger partial charge in [-0.15, -0.1) is 0 Å². The van der Waals surface area contributed by atoms with E-state index < -0.39 is 0 Å². The average molecular weight is 141 g/mol. The molecule has 0 amide bonds. The summed E-state index contributed by atoms with van der Waals surface area (Å²) in [6, 6.07) is 0.309. The van der Waals surface area contributed by atoms with Gasteiger partial charge >= 0.3 is 0 Å². The Labute approximate surface area is 61.4 Å². The van der Waals surface area contributed by atoms with Crippen molar-refractivity contribution in [2.75, 3.05) is 6.61 Å². The molecule has 0 radical (unpaired) electrons. The Morgan fingerprint density at radius 3 is 2.40 bits per heavy atom. The molecule has 2 bridgehead atoms. The molecule has 3 N–H and O–H groups in total. The summed E-state index contributed by atoms with van der Waals surface area (Å²) in [5, 5.41) is 8.98. The Balaban J connectivity index is 2.10. The first kappa shape index (κ1) is 6.62. The summed E-state index contributed by atoms with van der Waals surface area (Å²) in [5.74, 6) is 1.92. The highest BCUT2D eigenvalue weighted by atomic mass is 16.3. The molecule has 0 aromatic heterocycles. The number of rotatable bonds is 1. The molecule has 2 aliphatic rings. The van der Waals surface area contributed by atoms with Crippen molar-refractivity contribution in [2.24, 2.45) is 23.5 Å². The molecule has 0 aromatic rings. The molecule has 58 valence electrons. The molecule has 0 spiro atoms. The lowest BCUT2D eigenvalue weighted by atomic mass is 9.86. The van der Waals surface area contributed by atoms with E-state index in [0.29, 0.717) is 18.6 Å². The fraction of sp³-hybridized carbons (Fsp3) is 1.00. The summed E-state index contributed by atoms with van der Waals surface area (Å²) in [5.41, 5.74) is 5.91. The van der Waals surface area contributed by atoms with E-state index in [1.807, 2.05) is 0 Å². The zero-order valence-corrected chi connectivity index (χ0v) is 6.16. The summed E-state index contributed by atoms with van der Waals surface area (Å²) < 4.78 is 0. The fourth-order valence-electron chi connectivity index (χ4n) is 2.73. The number of nitrogens with two attached hydrogens (primary N) is 1. The summed E-state index contributed by atoms with van der Waals surface area (Å²) in [6.07, 6.45) is 3.90. The van der Waals surface area contributed by atoms with Gasteiger partial charge in [-0.05, 0) is 31.1 Å². The number of fused-ring (bicyclic) bond motifs is 2. The van der Waals surface area contributed by atoms with Gasteiger partial charge in [-0.1, -0.05) is 0 Å². The van der Waals surface area contributed by atoms with Crippen LogP contribution in [-0.4, -0.2) is 17.8 Å². The van der Waals surface area contributed by atoms with Crippen LogP contribution in [0.3, 0.4) is 0 Å². The Hall–Kier alpha value is -0.0800. The minimum atomic E-state index is 0.308. The van der Waals surface area contributed by atoms with Crippen LogP contribution in [-0.2, 0) is 0 Å². The van der Waals surface area contributed by atoms with Gasteiger partial charge in [-0.25, -0.2) is 0 Å². The van der Waals surface area contributed by atoms with E-state index in [4.69, 9.17) is 10.8 Å². The Kier molecular flexibility index (Phi) is 1.46. The Morgan fingerprint density at radius 2 is 2.00 bits per heavy atom. The van der Waals surface area contributed by atoms with E-state index in [1.54, 1.807) is 0 Å². The van der Waals surface area contributed by atoms with E-state index in [0.717, 1.165) is 11.8 Å². The first-order chi connectivity index (χ1) is 4.83. The molecule has 2 heteroatoms. The lowest BCUT2D eigenvalue weighted by molar-refractivity contribution is 0.159. The molecule has 2 aliphatic carbocycles. The van der Waals surface area contributed by atoms with E-state index >= 15 is 0 Å². The molecule has 10 heavy (non-hydrogen) atoms. The standard InChI is InChI=1S/C8H15NO/c9-8-6-2-1-5(3-6)7(8)4-10/h5-8,10H,1-4,9H2/t5-,6-,7+,8-/m1/s1. The van der Waals surface area contributed by atoms with Gasteiger partial charge in [0.2, 0.25) is 0 Å². The normalized spacial score (nSPS) is 52.2. The average Bonchev–Trinajstić information content (AvgIpc) is 2.46. The second-order valence-corrected chi connectivity index (χ2v) is 3.76. The van der Waals surface area contributed by atoms with Crippen LogP contribution in [0.25, 0.3) is 0 Å². The predicted molar refractivity (Wildman–Crippen MR) is 39.4 cm³/mol. The number of aliphatic hydroxyl groups is 1. The lowest BCUT2D eigenvalue weighted by Gasteiger charge is -2.25. The first-order valence-corrected chi connectivity index (χ1v) is 4.19. The van der Waals surface area contributed by atoms with Crippen LogP contribution in [0.5, 0.6) is 0 Å². The smallest absolute Gasteiger partial charge is 0.0476 e. The molecule has 2 rings (SSSR count). The van der Waals surface area contributed by atoms with Crippen molar-refractivity contribution in [3.8, 4) is 0 Å². The number of hydrogen-bond acceptors (Lipinski definition) is 2. The van der Waals surface area contributed by atoms with Crippen LogP contribution in [0.15, 0.2) is 0 Å². The molecule has 0 aromatic carbocycles. The van der Waals surface area contributed by atoms with E-state index in [2.05, 4.69) is 0 Å². The van der Waals surface area contributed by atoms with E-state index in [-0.39, 0.29) is 0 Å². The SMILES string of the molecule is N[C@@H]1[C@@H]2CC[C@H](C2)[C@@H]1CO. The second kappa shape index (κ2) is 2.21. The lowest BCUT2D eigenvalue weighted by Crippen LogP contribution is -2.37. The highest BCUT2D eigenvalue weighted by Gasteiger charge is 2.44. The van der Waals surface area contributed by atoms with Gasteiger partial charge in [0.05, 0.1) is 0 Å². The summed E-state index contributed by atoms with van der Waals surface area (Å²) in [4.78, 5) is 0. The van der Waals surface area contributed by atoms with Gasteiger partial charge < -0.3 is 10.8 Å². The van der Waals surface area contributed by atoms with Crippen molar-refractivity contribution in [3.63, 3.8) is 0 Å². The van der Waals surface area contributed by atoms with Crippen LogP contribution in [0, 0.1) is 17.8 Å². The van der Waals surface area contributed by atoms with E-state index in [9.17, 15) is 0 Å². The molecule has 0 saturated heterocycles. The van der Waals surface area contributed by atoms with Gasteiger partial charge in [0.1, 0.15) is 0 Å². The van der Waals surface area contributed by atoms with Gasteiger partial charge in [0, 0.05) is 18.6 Å². The van der Waals surface area contributed by atoms with Crippen molar-refractivity contribution < 1.29 is 5.11 Å². The number of aliphatic hydroxyl groups excluding tert-OH is 1. The summed E-state index contributed by atoms with van der Waals surface area (Å²) >= 11 is 0. The third kappa shape index (κ3) is 0.722. The predicted octanol–water partition coefficient (Wildman–Crippen LogP) is 0.352. The Bertz CT molecular complexity index is 135. The highest BCUT2D eigenvalue weighted by molar-refractivity contribution is 4.98. The minimum absolute atomic E-state index is 0.308. The molecule has 2 saturated carbocycles.